The molecule has 1 aliphatic carbocycles. The van der Waals surface area contributed by atoms with Crippen molar-refractivity contribution in [2.24, 2.45) is 0 Å². The quantitative estimate of drug-likeness (QED) is 0.736. The SMILES string of the molecule is C1=CC(c2nc3ncccc3[nH]2)C=C1. The van der Waals surface area contributed by atoms with E-state index in [-0.39, 0.29) is 5.92 Å². The Bertz CT molecular complexity index is 477. The molecule has 2 heterocycles. The van der Waals surface area contributed by atoms with Crippen LogP contribution in [0.15, 0.2) is 42.6 Å². The summed E-state index contributed by atoms with van der Waals surface area (Å²) in [6.07, 6.45) is 10.0. The standard InChI is InChI=1S/C11H9N3/c1-2-5-8(4-1)10-13-9-6-3-7-12-11(9)14-10/h1-8H,(H,12,13,14). The first-order valence-electron chi connectivity index (χ1n) is 4.59. The van der Waals surface area contributed by atoms with Gasteiger partial charge in [0.05, 0.1) is 11.4 Å². The van der Waals surface area contributed by atoms with Crippen molar-refractivity contribution in [2.75, 3.05) is 0 Å². The van der Waals surface area contributed by atoms with E-state index < -0.39 is 0 Å². The lowest BCUT2D eigenvalue weighted by Gasteiger charge is -1.97. The molecule has 0 saturated carbocycles. The highest BCUT2D eigenvalue weighted by molar-refractivity contribution is 5.70. The van der Waals surface area contributed by atoms with Gasteiger partial charge in [-0.2, -0.15) is 0 Å². The molecule has 0 unspecified atom stereocenters. The van der Waals surface area contributed by atoms with Gasteiger partial charge in [-0.15, -0.1) is 0 Å². The van der Waals surface area contributed by atoms with E-state index in [1.54, 1.807) is 6.20 Å². The van der Waals surface area contributed by atoms with E-state index in [1.165, 1.54) is 0 Å². The second-order valence-corrected chi connectivity index (χ2v) is 3.29. The van der Waals surface area contributed by atoms with Gasteiger partial charge in [-0.05, 0) is 12.1 Å². The van der Waals surface area contributed by atoms with E-state index in [4.69, 9.17) is 0 Å². The van der Waals surface area contributed by atoms with E-state index in [0.717, 1.165) is 17.0 Å². The molecule has 2 aromatic heterocycles. The molecule has 0 aliphatic heterocycles. The van der Waals surface area contributed by atoms with Gasteiger partial charge in [0.15, 0.2) is 5.65 Å². The minimum absolute atomic E-state index is 0.282. The second kappa shape index (κ2) is 2.80. The molecule has 1 N–H and O–H groups in total. The van der Waals surface area contributed by atoms with Crippen LogP contribution in [0.3, 0.4) is 0 Å². The summed E-state index contributed by atoms with van der Waals surface area (Å²) in [6.45, 7) is 0. The molecule has 0 amide bonds. The van der Waals surface area contributed by atoms with E-state index >= 15 is 0 Å². The lowest BCUT2D eigenvalue weighted by Crippen LogP contribution is -1.90. The predicted octanol–water partition coefficient (Wildman–Crippen LogP) is 2.17. The number of H-pyrrole nitrogens is 1. The second-order valence-electron chi connectivity index (χ2n) is 3.29. The highest BCUT2D eigenvalue weighted by atomic mass is 15.0. The molecule has 3 heteroatoms. The molecule has 2 aromatic rings. The fraction of sp³-hybridized carbons (Fsp3) is 0.0909. The molecule has 3 nitrogen and oxygen atoms in total. The highest BCUT2D eigenvalue weighted by Gasteiger charge is 2.11. The van der Waals surface area contributed by atoms with Gasteiger partial charge in [0.2, 0.25) is 0 Å². The van der Waals surface area contributed by atoms with Gasteiger partial charge < -0.3 is 4.98 Å². The number of allylic oxidation sites excluding steroid dienone is 4. The van der Waals surface area contributed by atoms with Crippen molar-refractivity contribution in [2.45, 2.75) is 5.92 Å². The van der Waals surface area contributed by atoms with Crippen LogP contribution in [0.5, 0.6) is 0 Å². The number of aromatic nitrogens is 3. The number of hydrogen-bond acceptors (Lipinski definition) is 2. The zero-order chi connectivity index (χ0) is 9.38. The molecule has 0 atom stereocenters. The number of imidazole rings is 1. The summed E-state index contributed by atoms with van der Waals surface area (Å²) in [4.78, 5) is 11.9. The maximum absolute atomic E-state index is 4.43. The Morgan fingerprint density at radius 2 is 2.07 bits per heavy atom. The summed E-state index contributed by atoms with van der Waals surface area (Å²) < 4.78 is 0. The summed E-state index contributed by atoms with van der Waals surface area (Å²) in [5.41, 5.74) is 1.78. The van der Waals surface area contributed by atoms with Gasteiger partial charge in [-0.3, -0.25) is 0 Å². The molecule has 14 heavy (non-hydrogen) atoms. The fourth-order valence-corrected chi connectivity index (χ4v) is 1.64. The predicted molar refractivity (Wildman–Crippen MR) is 54.9 cm³/mol. The van der Waals surface area contributed by atoms with Crippen LogP contribution in [0.25, 0.3) is 11.2 Å². The Morgan fingerprint density at radius 1 is 1.21 bits per heavy atom. The van der Waals surface area contributed by atoms with Crippen LogP contribution in [0.2, 0.25) is 0 Å². The molecule has 0 bridgehead atoms. The smallest absolute Gasteiger partial charge is 0.177 e. The average molecular weight is 183 g/mol. The minimum Gasteiger partial charge on any atom is -0.340 e. The first kappa shape index (κ1) is 7.50. The van der Waals surface area contributed by atoms with Crippen molar-refractivity contribution < 1.29 is 0 Å². The molecule has 0 aromatic carbocycles. The molecule has 0 radical (unpaired) electrons. The third-order valence-electron chi connectivity index (χ3n) is 2.34. The number of nitrogens with zero attached hydrogens (tertiary/aromatic N) is 2. The van der Waals surface area contributed by atoms with Crippen molar-refractivity contribution in [3.63, 3.8) is 0 Å². The maximum atomic E-state index is 4.43. The lowest BCUT2D eigenvalue weighted by molar-refractivity contribution is 0.968. The van der Waals surface area contributed by atoms with Crippen LogP contribution in [0.4, 0.5) is 0 Å². The maximum Gasteiger partial charge on any atom is 0.177 e. The van der Waals surface area contributed by atoms with Crippen molar-refractivity contribution >= 4 is 11.2 Å². The molecule has 0 saturated heterocycles. The van der Waals surface area contributed by atoms with Crippen LogP contribution in [0.1, 0.15) is 11.7 Å². The molecule has 68 valence electrons. The third kappa shape index (κ3) is 1.06. The summed E-state index contributed by atoms with van der Waals surface area (Å²) in [7, 11) is 0. The first-order valence-corrected chi connectivity index (χ1v) is 4.59. The Hall–Kier alpha value is -1.90. The summed E-state index contributed by atoms with van der Waals surface area (Å²) in [6, 6.07) is 3.89. The van der Waals surface area contributed by atoms with Crippen LogP contribution in [0, 0.1) is 0 Å². The van der Waals surface area contributed by atoms with E-state index in [2.05, 4.69) is 27.1 Å². The topological polar surface area (TPSA) is 41.6 Å². The lowest BCUT2D eigenvalue weighted by atomic mass is 10.2. The number of fused-ring (bicyclic) bond motifs is 1. The monoisotopic (exact) mass is 183 g/mol. The van der Waals surface area contributed by atoms with E-state index in [1.807, 2.05) is 24.3 Å². The van der Waals surface area contributed by atoms with Crippen molar-refractivity contribution in [1.82, 2.24) is 15.0 Å². The Morgan fingerprint density at radius 3 is 2.86 bits per heavy atom. The Balaban J connectivity index is 2.14. The zero-order valence-corrected chi connectivity index (χ0v) is 7.51. The number of hydrogen-bond donors (Lipinski definition) is 1. The van der Waals surface area contributed by atoms with Crippen molar-refractivity contribution in [1.29, 1.82) is 0 Å². The van der Waals surface area contributed by atoms with Crippen molar-refractivity contribution in [3.8, 4) is 0 Å². The van der Waals surface area contributed by atoms with Gasteiger partial charge in [-0.1, -0.05) is 24.3 Å². The summed E-state index contributed by atoms with van der Waals surface area (Å²) >= 11 is 0. The van der Waals surface area contributed by atoms with Crippen LogP contribution in [-0.4, -0.2) is 15.0 Å². The molecule has 1 aliphatic rings. The van der Waals surface area contributed by atoms with Crippen molar-refractivity contribution in [3.05, 3.63) is 48.5 Å². The average Bonchev–Trinajstić information content (AvgIpc) is 2.86. The Kier molecular flexibility index (Phi) is 1.50. The Labute approximate surface area is 81.2 Å². The van der Waals surface area contributed by atoms with E-state index in [9.17, 15) is 0 Å². The third-order valence-corrected chi connectivity index (χ3v) is 2.34. The number of aromatic amines is 1. The molecule has 0 fully saturated rings. The fourth-order valence-electron chi connectivity index (χ4n) is 1.64. The molecular weight excluding hydrogens is 174 g/mol. The van der Waals surface area contributed by atoms with Gasteiger partial charge in [-0.25, -0.2) is 9.97 Å². The van der Waals surface area contributed by atoms with Gasteiger partial charge in [0, 0.05) is 6.20 Å². The minimum atomic E-state index is 0.282. The van der Waals surface area contributed by atoms with Crippen LogP contribution >= 0.6 is 0 Å². The largest absolute Gasteiger partial charge is 0.340 e. The highest BCUT2D eigenvalue weighted by Crippen LogP contribution is 2.21. The van der Waals surface area contributed by atoms with Crippen LogP contribution < -0.4 is 0 Å². The first-order chi connectivity index (χ1) is 6.93. The number of rotatable bonds is 1. The zero-order valence-electron chi connectivity index (χ0n) is 7.51. The molecule has 0 spiro atoms. The molecule has 3 rings (SSSR count). The number of nitrogens with one attached hydrogen (secondary N) is 1. The molecular formula is C11H9N3. The summed E-state index contributed by atoms with van der Waals surface area (Å²) in [5, 5.41) is 0. The number of pyridine rings is 1. The van der Waals surface area contributed by atoms with Crippen LogP contribution in [-0.2, 0) is 0 Å². The summed E-state index contributed by atoms with van der Waals surface area (Å²) in [5.74, 6) is 1.24. The van der Waals surface area contributed by atoms with E-state index in [0.29, 0.717) is 0 Å². The van der Waals surface area contributed by atoms with Gasteiger partial charge in [0.1, 0.15) is 5.82 Å². The van der Waals surface area contributed by atoms with Gasteiger partial charge >= 0.3 is 0 Å². The normalized spacial score (nSPS) is 15.7. The van der Waals surface area contributed by atoms with Gasteiger partial charge in [0.25, 0.3) is 0 Å².